The Morgan fingerprint density at radius 3 is 2.24 bits per heavy atom. The minimum Gasteiger partial charge on any atom is -0.372 e. The van der Waals surface area contributed by atoms with Crippen LogP contribution in [-0.4, -0.2) is 30.9 Å². The SMILES string of the molecule is CCC(C)C(NC(=O)c1ccccc1)C(=O)Nc1ccc(N2CCCCC2)cc1. The Bertz CT molecular complexity index is 799. The van der Waals surface area contributed by atoms with Gasteiger partial charge in [0, 0.05) is 30.0 Å². The van der Waals surface area contributed by atoms with Gasteiger partial charge in [-0.2, -0.15) is 0 Å². The van der Waals surface area contributed by atoms with E-state index in [1.807, 2.05) is 44.2 Å². The van der Waals surface area contributed by atoms with Gasteiger partial charge in [-0.05, 0) is 61.6 Å². The van der Waals surface area contributed by atoms with Gasteiger partial charge in [-0.25, -0.2) is 0 Å². The third-order valence-electron chi connectivity index (χ3n) is 5.67. The van der Waals surface area contributed by atoms with Crippen molar-refractivity contribution < 1.29 is 9.59 Å². The van der Waals surface area contributed by atoms with Crippen molar-refractivity contribution in [3.05, 3.63) is 60.2 Å². The van der Waals surface area contributed by atoms with Crippen molar-refractivity contribution in [2.45, 2.75) is 45.6 Å². The maximum Gasteiger partial charge on any atom is 0.251 e. The number of piperidine rings is 1. The summed E-state index contributed by atoms with van der Waals surface area (Å²) in [5.41, 5.74) is 2.50. The van der Waals surface area contributed by atoms with Crippen LogP contribution in [0.4, 0.5) is 11.4 Å². The number of benzene rings is 2. The Morgan fingerprint density at radius 1 is 0.966 bits per heavy atom. The molecule has 2 N–H and O–H groups in total. The van der Waals surface area contributed by atoms with E-state index < -0.39 is 6.04 Å². The fourth-order valence-corrected chi connectivity index (χ4v) is 3.64. The molecule has 0 radical (unpaired) electrons. The van der Waals surface area contributed by atoms with Crippen molar-refractivity contribution in [3.8, 4) is 0 Å². The summed E-state index contributed by atoms with van der Waals surface area (Å²) in [5, 5.41) is 5.88. The number of carbonyl (C=O) groups is 2. The molecule has 0 aromatic heterocycles. The normalized spacial score (nSPS) is 16.0. The minimum atomic E-state index is -0.588. The van der Waals surface area contributed by atoms with Crippen LogP contribution in [0.2, 0.25) is 0 Å². The highest BCUT2D eigenvalue weighted by Gasteiger charge is 2.26. The third kappa shape index (κ3) is 5.59. The van der Waals surface area contributed by atoms with Gasteiger partial charge in [0.15, 0.2) is 0 Å². The fraction of sp³-hybridized carbons (Fsp3) is 0.417. The Morgan fingerprint density at radius 2 is 1.62 bits per heavy atom. The average molecular weight is 394 g/mol. The molecule has 2 aromatic rings. The van der Waals surface area contributed by atoms with Gasteiger partial charge in [0.05, 0.1) is 0 Å². The molecule has 2 unspecified atom stereocenters. The van der Waals surface area contributed by atoms with Crippen molar-refractivity contribution in [1.29, 1.82) is 0 Å². The van der Waals surface area contributed by atoms with E-state index in [4.69, 9.17) is 0 Å². The van der Waals surface area contributed by atoms with Gasteiger partial charge in [-0.15, -0.1) is 0 Å². The van der Waals surface area contributed by atoms with Crippen LogP contribution in [0.25, 0.3) is 0 Å². The molecule has 5 nitrogen and oxygen atoms in total. The standard InChI is InChI=1S/C24H31N3O2/c1-3-18(2)22(26-23(28)19-10-6-4-7-11-19)24(29)25-20-12-14-21(15-13-20)27-16-8-5-9-17-27/h4,6-7,10-15,18,22H,3,5,8-9,16-17H2,1-2H3,(H,25,29)(H,26,28). The Balaban J connectivity index is 1.65. The summed E-state index contributed by atoms with van der Waals surface area (Å²) in [7, 11) is 0. The number of rotatable bonds is 7. The lowest BCUT2D eigenvalue weighted by molar-refractivity contribution is -0.119. The van der Waals surface area contributed by atoms with E-state index in [2.05, 4.69) is 27.7 Å². The summed E-state index contributed by atoms with van der Waals surface area (Å²) in [5.74, 6) is -0.392. The average Bonchev–Trinajstić information content (AvgIpc) is 2.78. The van der Waals surface area contributed by atoms with Crippen LogP contribution >= 0.6 is 0 Å². The molecular formula is C24H31N3O2. The summed E-state index contributed by atoms with van der Waals surface area (Å²) in [6.45, 7) is 6.18. The van der Waals surface area contributed by atoms with Crippen LogP contribution in [0, 0.1) is 5.92 Å². The smallest absolute Gasteiger partial charge is 0.251 e. The van der Waals surface area contributed by atoms with E-state index >= 15 is 0 Å². The van der Waals surface area contributed by atoms with Gasteiger partial charge < -0.3 is 15.5 Å². The van der Waals surface area contributed by atoms with E-state index in [1.165, 1.54) is 24.9 Å². The molecule has 1 saturated heterocycles. The van der Waals surface area contributed by atoms with Crippen LogP contribution in [0.5, 0.6) is 0 Å². The number of carbonyl (C=O) groups excluding carboxylic acids is 2. The van der Waals surface area contributed by atoms with E-state index in [9.17, 15) is 9.59 Å². The van der Waals surface area contributed by atoms with Gasteiger partial charge >= 0.3 is 0 Å². The zero-order valence-corrected chi connectivity index (χ0v) is 17.4. The van der Waals surface area contributed by atoms with Crippen molar-refractivity contribution in [1.82, 2.24) is 5.32 Å². The van der Waals surface area contributed by atoms with Crippen molar-refractivity contribution in [3.63, 3.8) is 0 Å². The highest BCUT2D eigenvalue weighted by Crippen LogP contribution is 2.22. The van der Waals surface area contributed by atoms with Crippen molar-refractivity contribution in [2.24, 2.45) is 5.92 Å². The van der Waals surface area contributed by atoms with Gasteiger partial charge in [-0.3, -0.25) is 9.59 Å². The number of amides is 2. The predicted octanol–water partition coefficient (Wildman–Crippen LogP) is 4.46. The first kappa shape index (κ1) is 20.9. The molecule has 1 fully saturated rings. The van der Waals surface area contributed by atoms with Crippen molar-refractivity contribution in [2.75, 3.05) is 23.3 Å². The van der Waals surface area contributed by atoms with Crippen LogP contribution in [0.1, 0.15) is 49.9 Å². The maximum atomic E-state index is 12.9. The summed E-state index contributed by atoms with van der Waals surface area (Å²) < 4.78 is 0. The first-order chi connectivity index (χ1) is 14.1. The first-order valence-corrected chi connectivity index (χ1v) is 10.6. The Labute approximate surface area is 173 Å². The molecular weight excluding hydrogens is 362 g/mol. The lowest BCUT2D eigenvalue weighted by Gasteiger charge is -2.29. The number of nitrogens with zero attached hydrogens (tertiary/aromatic N) is 1. The number of hydrogen-bond acceptors (Lipinski definition) is 3. The van der Waals surface area contributed by atoms with E-state index in [1.54, 1.807) is 12.1 Å². The molecule has 2 amide bonds. The topological polar surface area (TPSA) is 61.4 Å². The van der Waals surface area contributed by atoms with E-state index in [-0.39, 0.29) is 17.7 Å². The van der Waals surface area contributed by atoms with Crippen molar-refractivity contribution >= 4 is 23.2 Å². The molecule has 1 heterocycles. The largest absolute Gasteiger partial charge is 0.372 e. The van der Waals surface area contributed by atoms with Gasteiger partial charge in [0.2, 0.25) is 5.91 Å². The third-order valence-corrected chi connectivity index (χ3v) is 5.67. The number of anilines is 2. The fourth-order valence-electron chi connectivity index (χ4n) is 3.64. The Hall–Kier alpha value is -2.82. The molecule has 5 heteroatoms. The zero-order chi connectivity index (χ0) is 20.6. The number of hydrogen-bond donors (Lipinski definition) is 2. The highest BCUT2D eigenvalue weighted by molar-refractivity contribution is 6.01. The molecule has 2 aromatic carbocycles. The lowest BCUT2D eigenvalue weighted by atomic mass is 9.97. The quantitative estimate of drug-likeness (QED) is 0.730. The second-order valence-electron chi connectivity index (χ2n) is 7.79. The monoisotopic (exact) mass is 393 g/mol. The number of nitrogens with one attached hydrogen (secondary N) is 2. The summed E-state index contributed by atoms with van der Waals surface area (Å²) in [6.07, 6.45) is 4.56. The summed E-state index contributed by atoms with van der Waals surface area (Å²) in [4.78, 5) is 27.9. The summed E-state index contributed by atoms with van der Waals surface area (Å²) in [6, 6.07) is 16.4. The van der Waals surface area contributed by atoms with Crippen LogP contribution in [0.3, 0.4) is 0 Å². The molecule has 0 spiro atoms. The predicted molar refractivity (Wildman–Crippen MR) is 118 cm³/mol. The van der Waals surface area contributed by atoms with Crippen LogP contribution < -0.4 is 15.5 Å². The molecule has 1 aliphatic rings. The molecule has 0 aliphatic carbocycles. The zero-order valence-electron chi connectivity index (χ0n) is 17.4. The highest BCUT2D eigenvalue weighted by atomic mass is 16.2. The van der Waals surface area contributed by atoms with Gasteiger partial charge in [-0.1, -0.05) is 38.5 Å². The lowest BCUT2D eigenvalue weighted by Crippen LogP contribution is -2.47. The van der Waals surface area contributed by atoms with Crippen LogP contribution in [0.15, 0.2) is 54.6 Å². The molecule has 154 valence electrons. The minimum absolute atomic E-state index is 0.0234. The summed E-state index contributed by atoms with van der Waals surface area (Å²) >= 11 is 0. The molecule has 3 rings (SSSR count). The second kappa shape index (κ2) is 10.1. The molecule has 0 bridgehead atoms. The Kier molecular flexibility index (Phi) is 7.28. The maximum absolute atomic E-state index is 12.9. The van der Waals surface area contributed by atoms with Gasteiger partial charge in [0.1, 0.15) is 6.04 Å². The first-order valence-electron chi connectivity index (χ1n) is 10.6. The second-order valence-corrected chi connectivity index (χ2v) is 7.79. The van der Waals surface area contributed by atoms with Gasteiger partial charge in [0.25, 0.3) is 5.91 Å². The molecule has 1 aliphatic heterocycles. The van der Waals surface area contributed by atoms with Crippen LogP contribution in [-0.2, 0) is 4.79 Å². The van der Waals surface area contributed by atoms with E-state index in [0.29, 0.717) is 5.56 Å². The molecule has 2 atom stereocenters. The molecule has 0 saturated carbocycles. The van der Waals surface area contributed by atoms with E-state index in [0.717, 1.165) is 25.2 Å². The molecule has 29 heavy (non-hydrogen) atoms.